The molecule has 2 atom stereocenters. The molecule has 2 fully saturated rings. The highest BCUT2D eigenvalue weighted by Crippen LogP contribution is 2.40. The summed E-state index contributed by atoms with van der Waals surface area (Å²) < 4.78 is 0. The Morgan fingerprint density at radius 3 is 2.95 bits per heavy atom. The highest BCUT2D eigenvalue weighted by Gasteiger charge is 2.39. The predicted octanol–water partition coefficient (Wildman–Crippen LogP) is 2.20. The van der Waals surface area contributed by atoms with Gasteiger partial charge in [-0.3, -0.25) is 10.1 Å². The Hall–Kier alpha value is -1.92. The fourth-order valence-corrected chi connectivity index (χ4v) is 3.50. The van der Waals surface area contributed by atoms with E-state index >= 15 is 0 Å². The molecule has 0 aromatic carbocycles. The fourth-order valence-electron chi connectivity index (χ4n) is 3.50. The zero-order chi connectivity index (χ0) is 14.1. The van der Waals surface area contributed by atoms with Crippen LogP contribution in [0.5, 0.6) is 0 Å². The average Bonchev–Trinajstić information content (AvgIpc) is 2.90. The van der Waals surface area contributed by atoms with E-state index in [0.29, 0.717) is 23.7 Å². The van der Waals surface area contributed by atoms with Crippen LogP contribution >= 0.6 is 0 Å². The van der Waals surface area contributed by atoms with Gasteiger partial charge in [0.25, 0.3) is 0 Å². The highest BCUT2D eigenvalue weighted by molar-refractivity contribution is 5.60. The Balaban J connectivity index is 1.97. The number of aromatic nitrogens is 2. The third-order valence-electron chi connectivity index (χ3n) is 4.45. The van der Waals surface area contributed by atoms with Crippen LogP contribution in [0.25, 0.3) is 0 Å². The molecule has 7 nitrogen and oxygen atoms in total. The number of anilines is 2. The molecule has 2 heterocycles. The van der Waals surface area contributed by atoms with Crippen molar-refractivity contribution in [2.45, 2.75) is 38.1 Å². The number of nitrogens with one attached hydrogen (secondary N) is 1. The number of rotatable bonds is 3. The van der Waals surface area contributed by atoms with E-state index in [4.69, 9.17) is 0 Å². The molecule has 0 radical (unpaired) electrons. The van der Waals surface area contributed by atoms with Gasteiger partial charge >= 0.3 is 5.69 Å². The molecule has 0 spiro atoms. The van der Waals surface area contributed by atoms with Gasteiger partial charge in [-0.05, 0) is 25.2 Å². The predicted molar refractivity (Wildman–Crippen MR) is 75.9 cm³/mol. The third-order valence-corrected chi connectivity index (χ3v) is 4.45. The highest BCUT2D eigenvalue weighted by atomic mass is 16.6. The van der Waals surface area contributed by atoms with Crippen molar-refractivity contribution in [2.24, 2.45) is 5.92 Å². The summed E-state index contributed by atoms with van der Waals surface area (Å²) in [6.07, 6.45) is 7.25. The van der Waals surface area contributed by atoms with E-state index in [-0.39, 0.29) is 10.6 Å². The van der Waals surface area contributed by atoms with Crippen LogP contribution in [0.3, 0.4) is 0 Å². The van der Waals surface area contributed by atoms with Crippen LogP contribution in [0.1, 0.15) is 32.1 Å². The summed E-state index contributed by atoms with van der Waals surface area (Å²) in [6.45, 7) is 0.857. The molecule has 2 unspecified atom stereocenters. The first-order valence-electron chi connectivity index (χ1n) is 7.16. The molecular weight excluding hydrogens is 258 g/mol. The number of nitrogens with zero attached hydrogens (tertiary/aromatic N) is 4. The molecule has 1 aromatic heterocycles. The second-order valence-electron chi connectivity index (χ2n) is 5.50. The Morgan fingerprint density at radius 1 is 1.40 bits per heavy atom. The van der Waals surface area contributed by atoms with Crippen LogP contribution in [-0.4, -0.2) is 34.5 Å². The SMILES string of the molecule is CNc1ncc([N+](=O)[O-])c(N2CCC3CCCCC32)n1. The number of fused-ring (bicyclic) bond motifs is 1. The van der Waals surface area contributed by atoms with Gasteiger partial charge in [-0.1, -0.05) is 12.8 Å². The van der Waals surface area contributed by atoms with Gasteiger partial charge in [-0.2, -0.15) is 4.98 Å². The molecule has 7 heteroatoms. The first kappa shape index (κ1) is 13.1. The maximum Gasteiger partial charge on any atom is 0.329 e. The summed E-state index contributed by atoms with van der Waals surface area (Å²) in [4.78, 5) is 21.3. The zero-order valence-electron chi connectivity index (χ0n) is 11.6. The van der Waals surface area contributed by atoms with Gasteiger partial charge in [0.1, 0.15) is 6.20 Å². The largest absolute Gasteiger partial charge is 0.357 e. The summed E-state index contributed by atoms with van der Waals surface area (Å²) in [5.41, 5.74) is 0.00947. The van der Waals surface area contributed by atoms with Gasteiger partial charge < -0.3 is 10.2 Å². The monoisotopic (exact) mass is 277 g/mol. The second kappa shape index (κ2) is 5.22. The smallest absolute Gasteiger partial charge is 0.329 e. The van der Waals surface area contributed by atoms with Crippen molar-refractivity contribution in [1.29, 1.82) is 0 Å². The van der Waals surface area contributed by atoms with Crippen molar-refractivity contribution in [1.82, 2.24) is 9.97 Å². The van der Waals surface area contributed by atoms with Gasteiger partial charge in [0.2, 0.25) is 11.8 Å². The lowest BCUT2D eigenvalue weighted by atomic mass is 9.85. The molecular formula is C13H19N5O2. The van der Waals surface area contributed by atoms with E-state index in [0.717, 1.165) is 19.4 Å². The van der Waals surface area contributed by atoms with Crippen LogP contribution in [0.2, 0.25) is 0 Å². The third kappa shape index (κ3) is 2.17. The van der Waals surface area contributed by atoms with Gasteiger partial charge in [0.15, 0.2) is 0 Å². The molecule has 1 saturated heterocycles. The Kier molecular flexibility index (Phi) is 3.42. The molecule has 1 N–H and O–H groups in total. The summed E-state index contributed by atoms with van der Waals surface area (Å²) in [6, 6.07) is 0.405. The molecule has 1 aromatic rings. The first-order valence-corrected chi connectivity index (χ1v) is 7.16. The molecule has 2 aliphatic rings. The molecule has 0 amide bonds. The van der Waals surface area contributed by atoms with Gasteiger partial charge in [0.05, 0.1) is 4.92 Å². The molecule has 3 rings (SSSR count). The first-order chi connectivity index (χ1) is 9.70. The summed E-state index contributed by atoms with van der Waals surface area (Å²) in [7, 11) is 1.72. The quantitative estimate of drug-likeness (QED) is 0.673. The molecule has 1 saturated carbocycles. The Labute approximate surface area is 117 Å². The van der Waals surface area contributed by atoms with Crippen LogP contribution in [0.4, 0.5) is 17.5 Å². The van der Waals surface area contributed by atoms with E-state index in [1.807, 2.05) is 0 Å². The van der Waals surface area contributed by atoms with Crippen molar-refractivity contribution in [2.75, 3.05) is 23.8 Å². The molecule has 1 aliphatic heterocycles. The van der Waals surface area contributed by atoms with E-state index in [9.17, 15) is 10.1 Å². The summed E-state index contributed by atoms with van der Waals surface area (Å²) in [5, 5.41) is 14.1. The minimum absolute atomic E-state index is 0.00947. The normalized spacial score (nSPS) is 25.4. The Bertz CT molecular complexity index is 521. The maximum absolute atomic E-state index is 11.2. The topological polar surface area (TPSA) is 84.2 Å². The van der Waals surface area contributed by atoms with Crippen LogP contribution in [0.15, 0.2) is 6.20 Å². The van der Waals surface area contributed by atoms with E-state index in [1.54, 1.807) is 7.05 Å². The number of hydrogen-bond acceptors (Lipinski definition) is 6. The van der Waals surface area contributed by atoms with Crippen LogP contribution in [-0.2, 0) is 0 Å². The minimum atomic E-state index is -0.384. The zero-order valence-corrected chi connectivity index (χ0v) is 11.6. The van der Waals surface area contributed by atoms with Crippen molar-refractivity contribution in [3.63, 3.8) is 0 Å². The van der Waals surface area contributed by atoms with E-state index in [1.165, 1.54) is 25.5 Å². The second-order valence-corrected chi connectivity index (χ2v) is 5.50. The average molecular weight is 277 g/mol. The molecule has 20 heavy (non-hydrogen) atoms. The molecule has 0 bridgehead atoms. The minimum Gasteiger partial charge on any atom is -0.357 e. The lowest BCUT2D eigenvalue weighted by molar-refractivity contribution is -0.384. The molecule has 108 valence electrons. The van der Waals surface area contributed by atoms with Gasteiger partial charge in [-0.15, -0.1) is 0 Å². The van der Waals surface area contributed by atoms with Crippen LogP contribution < -0.4 is 10.2 Å². The molecule has 1 aliphatic carbocycles. The number of nitro groups is 1. The maximum atomic E-state index is 11.2. The van der Waals surface area contributed by atoms with Crippen molar-refractivity contribution in [3.05, 3.63) is 16.3 Å². The summed E-state index contributed by atoms with van der Waals surface area (Å²) >= 11 is 0. The number of hydrogen-bond donors (Lipinski definition) is 1. The van der Waals surface area contributed by atoms with Crippen molar-refractivity contribution >= 4 is 17.5 Å². The van der Waals surface area contributed by atoms with Crippen LogP contribution in [0, 0.1) is 16.0 Å². The van der Waals surface area contributed by atoms with E-state index < -0.39 is 0 Å². The fraction of sp³-hybridized carbons (Fsp3) is 0.692. The van der Waals surface area contributed by atoms with E-state index in [2.05, 4.69) is 20.2 Å². The standard InChI is InChI=1S/C13H19N5O2/c1-14-13-15-8-11(18(19)20)12(16-13)17-7-6-9-4-2-3-5-10(9)17/h8-10H,2-7H2,1H3,(H,14,15,16). The Morgan fingerprint density at radius 2 is 2.20 bits per heavy atom. The van der Waals surface area contributed by atoms with Crippen molar-refractivity contribution < 1.29 is 4.92 Å². The van der Waals surface area contributed by atoms with Gasteiger partial charge in [0, 0.05) is 19.6 Å². The summed E-state index contributed by atoms with van der Waals surface area (Å²) in [5.74, 6) is 1.57. The van der Waals surface area contributed by atoms with Crippen molar-refractivity contribution in [3.8, 4) is 0 Å². The lowest BCUT2D eigenvalue weighted by Gasteiger charge is -2.32. The lowest BCUT2D eigenvalue weighted by Crippen LogP contribution is -2.35. The van der Waals surface area contributed by atoms with Gasteiger partial charge in [-0.25, -0.2) is 4.98 Å².